The van der Waals surface area contributed by atoms with Crippen molar-refractivity contribution in [3.05, 3.63) is 0 Å². The summed E-state index contributed by atoms with van der Waals surface area (Å²) in [4.78, 5) is 0. The molecule has 0 aromatic heterocycles. The molecule has 3 nitrogen and oxygen atoms in total. The summed E-state index contributed by atoms with van der Waals surface area (Å²) >= 11 is 0. The van der Waals surface area contributed by atoms with Gasteiger partial charge < -0.3 is 15.8 Å². The Morgan fingerprint density at radius 1 is 1.00 bits per heavy atom. The Balaban J connectivity index is 1.70. The molecule has 17 heavy (non-hydrogen) atoms. The molecule has 0 aromatic carbocycles. The number of nitrogens with one attached hydrogen (secondary N) is 1. The summed E-state index contributed by atoms with van der Waals surface area (Å²) in [5.74, 6) is 0. The summed E-state index contributed by atoms with van der Waals surface area (Å²) in [5.41, 5.74) is 6.92. The summed E-state index contributed by atoms with van der Waals surface area (Å²) in [6.45, 7) is 6.29. The van der Waals surface area contributed by atoms with Crippen LogP contribution in [0.2, 0.25) is 0 Å². The van der Waals surface area contributed by atoms with E-state index in [-0.39, 0.29) is 5.54 Å². The number of rotatable bonds is 4. The minimum atomic E-state index is 0.0692. The van der Waals surface area contributed by atoms with Gasteiger partial charge in [0, 0.05) is 31.8 Å². The second-order valence-corrected chi connectivity index (χ2v) is 6.45. The molecule has 0 amide bonds. The number of nitrogens with two attached hydrogens (primary N) is 1. The second kappa shape index (κ2) is 5.68. The highest BCUT2D eigenvalue weighted by atomic mass is 16.5. The molecule has 1 aliphatic heterocycles. The molecule has 2 fully saturated rings. The molecule has 3 heteroatoms. The molecule has 0 atom stereocenters. The molecule has 1 heterocycles. The fourth-order valence-corrected chi connectivity index (χ4v) is 3.09. The van der Waals surface area contributed by atoms with Crippen molar-refractivity contribution < 1.29 is 4.74 Å². The van der Waals surface area contributed by atoms with Crippen molar-refractivity contribution >= 4 is 0 Å². The van der Waals surface area contributed by atoms with Gasteiger partial charge in [-0.2, -0.15) is 0 Å². The minimum Gasteiger partial charge on any atom is -0.381 e. The zero-order valence-electron chi connectivity index (χ0n) is 11.3. The van der Waals surface area contributed by atoms with Crippen molar-refractivity contribution in [1.82, 2.24) is 5.32 Å². The number of hydrogen-bond acceptors (Lipinski definition) is 3. The van der Waals surface area contributed by atoms with E-state index >= 15 is 0 Å². The van der Waals surface area contributed by atoms with Gasteiger partial charge in [-0.1, -0.05) is 26.2 Å². The van der Waals surface area contributed by atoms with Crippen molar-refractivity contribution in [2.24, 2.45) is 11.1 Å². The van der Waals surface area contributed by atoms with Gasteiger partial charge in [-0.3, -0.25) is 0 Å². The molecule has 1 saturated carbocycles. The van der Waals surface area contributed by atoms with Crippen LogP contribution in [0.25, 0.3) is 0 Å². The molecule has 3 N–H and O–H groups in total. The highest BCUT2D eigenvalue weighted by Gasteiger charge is 2.30. The third-order valence-corrected chi connectivity index (χ3v) is 4.58. The maximum absolute atomic E-state index is 6.43. The smallest absolute Gasteiger partial charge is 0.0471 e. The van der Waals surface area contributed by atoms with Gasteiger partial charge in [0.05, 0.1) is 0 Å². The third kappa shape index (κ3) is 3.94. The standard InChI is InChI=1S/C14H28N2O/c1-13(7-9-17-10-8-13)11-16-12-14(15)5-3-2-4-6-14/h16H,2-12,15H2,1H3. The Morgan fingerprint density at radius 2 is 1.65 bits per heavy atom. The summed E-state index contributed by atoms with van der Waals surface area (Å²) in [6.07, 6.45) is 8.73. The molecule has 2 aliphatic rings. The van der Waals surface area contributed by atoms with E-state index in [1.54, 1.807) is 0 Å². The summed E-state index contributed by atoms with van der Waals surface area (Å²) < 4.78 is 5.43. The SMILES string of the molecule is CC1(CNCC2(N)CCCCC2)CCOCC1. The Hall–Kier alpha value is -0.120. The molecule has 0 unspecified atom stereocenters. The van der Waals surface area contributed by atoms with Gasteiger partial charge in [0.1, 0.15) is 0 Å². The average Bonchev–Trinajstić information content (AvgIpc) is 2.30. The van der Waals surface area contributed by atoms with Crippen molar-refractivity contribution in [3.63, 3.8) is 0 Å². The van der Waals surface area contributed by atoms with Crippen LogP contribution in [0.15, 0.2) is 0 Å². The first-order valence-corrected chi connectivity index (χ1v) is 7.19. The Bertz CT molecular complexity index is 206. The van der Waals surface area contributed by atoms with Crippen LogP contribution in [0.1, 0.15) is 51.9 Å². The van der Waals surface area contributed by atoms with E-state index < -0.39 is 0 Å². The maximum atomic E-state index is 6.43. The predicted molar refractivity (Wildman–Crippen MR) is 71.0 cm³/mol. The first-order valence-electron chi connectivity index (χ1n) is 7.19. The van der Waals surface area contributed by atoms with E-state index in [0.717, 1.165) is 26.3 Å². The molecule has 0 radical (unpaired) electrons. The van der Waals surface area contributed by atoms with Crippen LogP contribution in [-0.2, 0) is 4.74 Å². The van der Waals surface area contributed by atoms with Crippen molar-refractivity contribution in [1.29, 1.82) is 0 Å². The van der Waals surface area contributed by atoms with E-state index in [4.69, 9.17) is 10.5 Å². The van der Waals surface area contributed by atoms with E-state index in [1.165, 1.54) is 44.9 Å². The fourth-order valence-electron chi connectivity index (χ4n) is 3.09. The summed E-state index contributed by atoms with van der Waals surface area (Å²) in [5, 5.41) is 3.63. The zero-order valence-corrected chi connectivity index (χ0v) is 11.3. The Morgan fingerprint density at radius 3 is 2.29 bits per heavy atom. The van der Waals surface area contributed by atoms with Gasteiger partial charge in [0.2, 0.25) is 0 Å². The highest BCUT2D eigenvalue weighted by molar-refractivity contribution is 4.90. The van der Waals surface area contributed by atoms with Crippen molar-refractivity contribution in [3.8, 4) is 0 Å². The topological polar surface area (TPSA) is 47.3 Å². The van der Waals surface area contributed by atoms with E-state index in [9.17, 15) is 0 Å². The largest absolute Gasteiger partial charge is 0.381 e. The van der Waals surface area contributed by atoms with Crippen LogP contribution in [0, 0.1) is 5.41 Å². The van der Waals surface area contributed by atoms with Crippen LogP contribution in [0.4, 0.5) is 0 Å². The van der Waals surface area contributed by atoms with Crippen LogP contribution in [0.5, 0.6) is 0 Å². The molecular weight excluding hydrogens is 212 g/mol. The lowest BCUT2D eigenvalue weighted by Gasteiger charge is -2.37. The van der Waals surface area contributed by atoms with E-state index in [0.29, 0.717) is 5.41 Å². The van der Waals surface area contributed by atoms with E-state index in [2.05, 4.69) is 12.2 Å². The molecule has 1 saturated heterocycles. The quantitative estimate of drug-likeness (QED) is 0.790. The molecule has 1 aliphatic carbocycles. The Kier molecular flexibility index (Phi) is 4.45. The summed E-state index contributed by atoms with van der Waals surface area (Å²) in [7, 11) is 0. The number of hydrogen-bond donors (Lipinski definition) is 2. The van der Waals surface area contributed by atoms with Crippen molar-refractivity contribution in [2.75, 3.05) is 26.3 Å². The molecule has 0 spiro atoms. The van der Waals surface area contributed by atoms with Gasteiger partial charge in [-0.05, 0) is 31.1 Å². The van der Waals surface area contributed by atoms with Crippen LogP contribution in [0.3, 0.4) is 0 Å². The lowest BCUT2D eigenvalue weighted by atomic mass is 9.80. The van der Waals surface area contributed by atoms with Gasteiger partial charge in [-0.25, -0.2) is 0 Å². The molecule has 0 bridgehead atoms. The molecule has 2 rings (SSSR count). The lowest BCUT2D eigenvalue weighted by Crippen LogP contribution is -2.52. The third-order valence-electron chi connectivity index (χ3n) is 4.58. The normalized spacial score (nSPS) is 27.9. The highest BCUT2D eigenvalue weighted by Crippen LogP contribution is 2.29. The molecule has 0 aromatic rings. The predicted octanol–water partition coefficient (Wildman–Crippen LogP) is 2.05. The summed E-state index contributed by atoms with van der Waals surface area (Å²) in [6, 6.07) is 0. The zero-order chi connectivity index (χ0) is 12.2. The van der Waals surface area contributed by atoms with E-state index in [1.807, 2.05) is 0 Å². The first-order chi connectivity index (χ1) is 8.12. The second-order valence-electron chi connectivity index (χ2n) is 6.45. The minimum absolute atomic E-state index is 0.0692. The van der Waals surface area contributed by atoms with Crippen molar-refractivity contribution in [2.45, 2.75) is 57.4 Å². The fraction of sp³-hybridized carbons (Fsp3) is 1.00. The number of ether oxygens (including phenoxy) is 1. The van der Waals surface area contributed by atoms with Crippen LogP contribution in [-0.4, -0.2) is 31.8 Å². The Labute approximate surface area is 105 Å². The lowest BCUT2D eigenvalue weighted by molar-refractivity contribution is 0.0233. The molecular formula is C14H28N2O. The van der Waals surface area contributed by atoms with Gasteiger partial charge in [0.15, 0.2) is 0 Å². The van der Waals surface area contributed by atoms with Gasteiger partial charge in [-0.15, -0.1) is 0 Å². The van der Waals surface area contributed by atoms with Crippen LogP contribution >= 0.6 is 0 Å². The van der Waals surface area contributed by atoms with Crippen LogP contribution < -0.4 is 11.1 Å². The van der Waals surface area contributed by atoms with Gasteiger partial charge in [0.25, 0.3) is 0 Å². The monoisotopic (exact) mass is 240 g/mol. The first kappa shape index (κ1) is 13.3. The molecule has 100 valence electrons. The van der Waals surface area contributed by atoms with Gasteiger partial charge >= 0.3 is 0 Å². The maximum Gasteiger partial charge on any atom is 0.0471 e. The average molecular weight is 240 g/mol.